The van der Waals surface area contributed by atoms with Gasteiger partial charge in [0.05, 0.1) is 6.61 Å². The molecule has 3 rings (SSSR count). The van der Waals surface area contributed by atoms with E-state index in [-0.39, 0.29) is 12.2 Å². The Hall–Kier alpha value is -1.64. The van der Waals surface area contributed by atoms with Crippen LogP contribution in [0, 0.1) is 0 Å². The normalized spacial score (nSPS) is 21.8. The van der Waals surface area contributed by atoms with Crippen molar-refractivity contribution >= 4 is 0 Å². The Bertz CT molecular complexity index is 522. The van der Waals surface area contributed by atoms with E-state index in [4.69, 9.17) is 9.47 Å². The summed E-state index contributed by atoms with van der Waals surface area (Å²) in [5.74, 6) is 0. The molecule has 2 aromatic rings. The summed E-state index contributed by atoms with van der Waals surface area (Å²) in [6.07, 6.45) is 0.390. The van der Waals surface area contributed by atoms with Crippen LogP contribution in [-0.4, -0.2) is 19.8 Å². The Kier molecular flexibility index (Phi) is 3.13. The molecule has 2 atom stereocenters. The predicted molar refractivity (Wildman–Crippen MR) is 71.4 cm³/mol. The van der Waals surface area contributed by atoms with Gasteiger partial charge in [-0.05, 0) is 16.7 Å². The van der Waals surface area contributed by atoms with E-state index < -0.39 is 0 Å². The molecule has 92 valence electrons. The van der Waals surface area contributed by atoms with Gasteiger partial charge in [-0.3, -0.25) is 0 Å². The SMILES string of the molecule is COCC1OC1c1ccccc1-c1ccccc1. The van der Waals surface area contributed by atoms with Gasteiger partial charge in [-0.2, -0.15) is 0 Å². The minimum absolute atomic E-state index is 0.182. The van der Waals surface area contributed by atoms with E-state index in [1.54, 1.807) is 7.11 Å². The summed E-state index contributed by atoms with van der Waals surface area (Å²) in [6.45, 7) is 0.661. The number of rotatable bonds is 4. The van der Waals surface area contributed by atoms with Gasteiger partial charge in [-0.25, -0.2) is 0 Å². The first-order valence-corrected chi connectivity index (χ1v) is 6.19. The quantitative estimate of drug-likeness (QED) is 0.764. The highest BCUT2D eigenvalue weighted by atomic mass is 16.6. The first-order valence-electron chi connectivity index (χ1n) is 6.19. The van der Waals surface area contributed by atoms with Crippen molar-refractivity contribution in [1.29, 1.82) is 0 Å². The van der Waals surface area contributed by atoms with Crippen molar-refractivity contribution in [3.8, 4) is 11.1 Å². The Labute approximate surface area is 107 Å². The molecule has 0 bridgehead atoms. The second kappa shape index (κ2) is 4.92. The second-order valence-electron chi connectivity index (χ2n) is 4.50. The van der Waals surface area contributed by atoms with Crippen LogP contribution in [0.1, 0.15) is 11.7 Å². The van der Waals surface area contributed by atoms with Gasteiger partial charge in [-0.15, -0.1) is 0 Å². The standard InChI is InChI=1S/C16H16O2/c1-17-11-15-16(18-15)14-10-6-5-9-13(14)12-7-3-2-4-8-12/h2-10,15-16H,11H2,1H3. The van der Waals surface area contributed by atoms with Crippen molar-refractivity contribution < 1.29 is 9.47 Å². The van der Waals surface area contributed by atoms with E-state index in [2.05, 4.69) is 48.5 Å². The van der Waals surface area contributed by atoms with Gasteiger partial charge in [0, 0.05) is 7.11 Å². The van der Waals surface area contributed by atoms with Crippen LogP contribution in [0.4, 0.5) is 0 Å². The summed E-state index contributed by atoms with van der Waals surface area (Å²) in [4.78, 5) is 0. The molecule has 0 aliphatic carbocycles. The maximum absolute atomic E-state index is 5.68. The molecule has 1 aliphatic heterocycles. The van der Waals surface area contributed by atoms with Crippen molar-refractivity contribution in [2.24, 2.45) is 0 Å². The van der Waals surface area contributed by atoms with E-state index in [1.807, 2.05) is 6.07 Å². The largest absolute Gasteiger partial charge is 0.382 e. The number of benzene rings is 2. The van der Waals surface area contributed by atoms with Crippen molar-refractivity contribution in [1.82, 2.24) is 0 Å². The monoisotopic (exact) mass is 240 g/mol. The lowest BCUT2D eigenvalue weighted by Crippen LogP contribution is -1.99. The fourth-order valence-corrected chi connectivity index (χ4v) is 2.33. The molecule has 1 aliphatic rings. The van der Waals surface area contributed by atoms with Crippen LogP contribution in [0.2, 0.25) is 0 Å². The molecule has 0 aromatic heterocycles. The second-order valence-corrected chi connectivity index (χ2v) is 4.50. The van der Waals surface area contributed by atoms with Crippen LogP contribution >= 0.6 is 0 Å². The summed E-state index contributed by atoms with van der Waals surface area (Å²) >= 11 is 0. The van der Waals surface area contributed by atoms with Gasteiger partial charge < -0.3 is 9.47 Å². The third-order valence-electron chi connectivity index (χ3n) is 3.27. The Morgan fingerprint density at radius 1 is 1.00 bits per heavy atom. The molecule has 2 heteroatoms. The summed E-state index contributed by atoms with van der Waals surface area (Å²) in [5.41, 5.74) is 3.74. The molecule has 0 saturated carbocycles. The molecule has 2 aromatic carbocycles. The van der Waals surface area contributed by atoms with Gasteiger partial charge in [-0.1, -0.05) is 54.6 Å². The van der Waals surface area contributed by atoms with Crippen LogP contribution in [0.3, 0.4) is 0 Å². The molecule has 0 amide bonds. The van der Waals surface area contributed by atoms with Crippen molar-refractivity contribution in [2.45, 2.75) is 12.2 Å². The molecule has 1 heterocycles. The van der Waals surface area contributed by atoms with Gasteiger partial charge in [0.2, 0.25) is 0 Å². The van der Waals surface area contributed by atoms with Gasteiger partial charge in [0.1, 0.15) is 12.2 Å². The lowest BCUT2D eigenvalue weighted by molar-refractivity contribution is 0.171. The smallest absolute Gasteiger partial charge is 0.112 e. The first kappa shape index (κ1) is 11.5. The average Bonchev–Trinajstić information content (AvgIpc) is 3.20. The van der Waals surface area contributed by atoms with Crippen LogP contribution < -0.4 is 0 Å². The molecule has 1 saturated heterocycles. The van der Waals surface area contributed by atoms with Gasteiger partial charge in [0.15, 0.2) is 0 Å². The van der Waals surface area contributed by atoms with Gasteiger partial charge in [0.25, 0.3) is 0 Å². The molecule has 1 fully saturated rings. The number of ether oxygens (including phenoxy) is 2. The fourth-order valence-electron chi connectivity index (χ4n) is 2.33. The first-order chi connectivity index (χ1) is 8.90. The highest BCUT2D eigenvalue weighted by Crippen LogP contribution is 2.42. The molecule has 0 radical (unpaired) electrons. The third-order valence-corrected chi connectivity index (χ3v) is 3.27. The van der Waals surface area contributed by atoms with E-state index in [0.29, 0.717) is 6.61 Å². The summed E-state index contributed by atoms with van der Waals surface area (Å²) in [6, 6.07) is 18.8. The summed E-state index contributed by atoms with van der Waals surface area (Å²) in [5, 5.41) is 0. The number of hydrogen-bond acceptors (Lipinski definition) is 2. The molecule has 2 nitrogen and oxygen atoms in total. The number of methoxy groups -OCH3 is 1. The minimum Gasteiger partial charge on any atom is -0.382 e. The Balaban J connectivity index is 1.92. The third kappa shape index (κ3) is 2.17. The predicted octanol–water partition coefficient (Wildman–Crippen LogP) is 3.44. The van der Waals surface area contributed by atoms with Crippen molar-refractivity contribution in [3.05, 3.63) is 60.2 Å². The lowest BCUT2D eigenvalue weighted by atomic mass is 9.97. The summed E-state index contributed by atoms with van der Waals surface area (Å²) < 4.78 is 10.8. The molecular formula is C16H16O2. The van der Waals surface area contributed by atoms with Crippen LogP contribution in [-0.2, 0) is 9.47 Å². The molecule has 18 heavy (non-hydrogen) atoms. The zero-order chi connectivity index (χ0) is 12.4. The van der Waals surface area contributed by atoms with Crippen LogP contribution in [0.25, 0.3) is 11.1 Å². The molecule has 2 unspecified atom stereocenters. The molecule has 0 N–H and O–H groups in total. The highest BCUT2D eigenvalue weighted by Gasteiger charge is 2.41. The highest BCUT2D eigenvalue weighted by molar-refractivity contribution is 5.68. The van der Waals surface area contributed by atoms with Crippen molar-refractivity contribution in [3.63, 3.8) is 0 Å². The number of epoxide rings is 1. The van der Waals surface area contributed by atoms with Crippen LogP contribution in [0.5, 0.6) is 0 Å². The zero-order valence-corrected chi connectivity index (χ0v) is 10.4. The maximum atomic E-state index is 5.68. The summed E-state index contributed by atoms with van der Waals surface area (Å²) in [7, 11) is 1.71. The van der Waals surface area contributed by atoms with E-state index in [9.17, 15) is 0 Å². The lowest BCUT2D eigenvalue weighted by Gasteiger charge is -2.07. The van der Waals surface area contributed by atoms with E-state index in [0.717, 1.165) is 0 Å². The zero-order valence-electron chi connectivity index (χ0n) is 10.4. The van der Waals surface area contributed by atoms with Crippen LogP contribution in [0.15, 0.2) is 54.6 Å². The molecule has 0 spiro atoms. The average molecular weight is 240 g/mol. The Morgan fingerprint density at radius 2 is 1.72 bits per heavy atom. The van der Waals surface area contributed by atoms with Gasteiger partial charge >= 0.3 is 0 Å². The van der Waals surface area contributed by atoms with E-state index >= 15 is 0 Å². The maximum Gasteiger partial charge on any atom is 0.112 e. The number of hydrogen-bond donors (Lipinski definition) is 0. The minimum atomic E-state index is 0.182. The molecular weight excluding hydrogens is 224 g/mol. The topological polar surface area (TPSA) is 21.8 Å². The fraction of sp³-hybridized carbons (Fsp3) is 0.250. The van der Waals surface area contributed by atoms with Crippen molar-refractivity contribution in [2.75, 3.05) is 13.7 Å². The Morgan fingerprint density at radius 3 is 2.50 bits per heavy atom. The van der Waals surface area contributed by atoms with E-state index in [1.165, 1.54) is 16.7 Å².